The second kappa shape index (κ2) is 7.29. The minimum absolute atomic E-state index is 0.0256. The smallest absolute Gasteiger partial charge is 0.315 e. The fourth-order valence-electron chi connectivity index (χ4n) is 3.14. The van der Waals surface area contributed by atoms with Crippen LogP contribution in [-0.2, 0) is 6.54 Å². The van der Waals surface area contributed by atoms with Crippen LogP contribution in [0.15, 0.2) is 30.6 Å². The summed E-state index contributed by atoms with van der Waals surface area (Å²) >= 11 is 0. The van der Waals surface area contributed by atoms with Crippen molar-refractivity contribution in [2.45, 2.75) is 51.1 Å². The Morgan fingerprint density at radius 3 is 3.00 bits per heavy atom. The number of nitrogens with one attached hydrogen (secondary N) is 2. The third kappa shape index (κ3) is 3.78. The lowest BCUT2D eigenvalue weighted by Gasteiger charge is -2.22. The van der Waals surface area contributed by atoms with Crippen LogP contribution in [0.2, 0.25) is 0 Å². The summed E-state index contributed by atoms with van der Waals surface area (Å²) in [5.41, 5.74) is 1.01. The molecule has 0 bridgehead atoms. The Kier molecular flexibility index (Phi) is 4.93. The van der Waals surface area contributed by atoms with Crippen LogP contribution in [0, 0.1) is 0 Å². The maximum atomic E-state index is 11.8. The van der Waals surface area contributed by atoms with E-state index in [0.717, 1.165) is 36.8 Å². The number of pyridine rings is 1. The highest BCUT2D eigenvalue weighted by molar-refractivity contribution is 5.75. The van der Waals surface area contributed by atoms with Gasteiger partial charge in [-0.25, -0.2) is 9.78 Å². The number of aryl methyl sites for hydroxylation is 1. The van der Waals surface area contributed by atoms with Crippen LogP contribution in [-0.4, -0.2) is 28.2 Å². The summed E-state index contributed by atoms with van der Waals surface area (Å²) in [5, 5.41) is 7.19. The van der Waals surface area contributed by atoms with Crippen LogP contribution in [0.1, 0.15) is 38.5 Å². The number of hydrogen-bond donors (Lipinski definition) is 2. The normalized spacial score (nSPS) is 15.8. The summed E-state index contributed by atoms with van der Waals surface area (Å²) in [6.07, 6.45) is 10.8. The zero-order valence-corrected chi connectivity index (χ0v) is 12.9. The van der Waals surface area contributed by atoms with Crippen molar-refractivity contribution in [3.8, 4) is 0 Å². The van der Waals surface area contributed by atoms with E-state index in [1.165, 1.54) is 19.3 Å². The molecule has 22 heavy (non-hydrogen) atoms. The molecule has 2 aromatic heterocycles. The molecule has 0 unspecified atom stereocenters. The van der Waals surface area contributed by atoms with Gasteiger partial charge in [0.2, 0.25) is 0 Å². The third-order valence-corrected chi connectivity index (χ3v) is 4.32. The molecule has 1 fully saturated rings. The van der Waals surface area contributed by atoms with Gasteiger partial charge in [-0.3, -0.25) is 0 Å². The maximum Gasteiger partial charge on any atom is 0.315 e. The standard InChI is InChI=1S/C17H24N4O/c22-17(20-15-7-2-1-3-8-15)19-11-5-12-21-13-9-14-6-4-10-18-16(14)21/h4,6,9-10,13,15H,1-3,5,7-8,11-12H2,(H2,19,20,22). The first-order chi connectivity index (χ1) is 10.8. The van der Waals surface area contributed by atoms with E-state index in [1.807, 2.05) is 12.3 Å². The Balaban J connectivity index is 1.39. The van der Waals surface area contributed by atoms with Gasteiger partial charge in [-0.05, 0) is 37.5 Å². The van der Waals surface area contributed by atoms with E-state index in [1.54, 1.807) is 0 Å². The summed E-state index contributed by atoms with van der Waals surface area (Å²) in [5.74, 6) is 0. The predicted molar refractivity (Wildman–Crippen MR) is 87.8 cm³/mol. The highest BCUT2D eigenvalue weighted by Crippen LogP contribution is 2.17. The van der Waals surface area contributed by atoms with E-state index in [2.05, 4.69) is 38.5 Å². The topological polar surface area (TPSA) is 59.0 Å². The molecular weight excluding hydrogens is 276 g/mol. The highest BCUT2D eigenvalue weighted by Gasteiger charge is 2.14. The number of amides is 2. The predicted octanol–water partition coefficient (Wildman–Crippen LogP) is 3.06. The molecule has 5 nitrogen and oxygen atoms in total. The van der Waals surface area contributed by atoms with E-state index < -0.39 is 0 Å². The van der Waals surface area contributed by atoms with Gasteiger partial charge in [-0.2, -0.15) is 0 Å². The molecule has 0 spiro atoms. The molecule has 1 aliphatic carbocycles. The zero-order valence-electron chi connectivity index (χ0n) is 12.9. The van der Waals surface area contributed by atoms with Gasteiger partial charge >= 0.3 is 6.03 Å². The van der Waals surface area contributed by atoms with Gasteiger partial charge in [0.25, 0.3) is 0 Å². The van der Waals surface area contributed by atoms with Crippen molar-refractivity contribution in [3.05, 3.63) is 30.6 Å². The first-order valence-corrected chi connectivity index (χ1v) is 8.27. The lowest BCUT2D eigenvalue weighted by Crippen LogP contribution is -2.43. The number of nitrogens with zero attached hydrogens (tertiary/aromatic N) is 2. The Morgan fingerprint density at radius 2 is 2.14 bits per heavy atom. The first kappa shape index (κ1) is 14.9. The van der Waals surface area contributed by atoms with Crippen molar-refractivity contribution in [1.29, 1.82) is 0 Å². The van der Waals surface area contributed by atoms with Crippen LogP contribution in [0.5, 0.6) is 0 Å². The van der Waals surface area contributed by atoms with Gasteiger partial charge in [-0.1, -0.05) is 19.3 Å². The van der Waals surface area contributed by atoms with Gasteiger partial charge in [-0.15, -0.1) is 0 Å². The molecule has 0 aromatic carbocycles. The minimum Gasteiger partial charge on any atom is -0.338 e. The van der Waals surface area contributed by atoms with E-state index in [9.17, 15) is 4.79 Å². The molecule has 2 aromatic rings. The number of hydrogen-bond acceptors (Lipinski definition) is 2. The molecule has 5 heteroatoms. The molecule has 2 heterocycles. The number of fused-ring (bicyclic) bond motifs is 1. The van der Waals surface area contributed by atoms with Crippen LogP contribution < -0.4 is 10.6 Å². The summed E-state index contributed by atoms with van der Waals surface area (Å²) in [7, 11) is 0. The first-order valence-electron chi connectivity index (χ1n) is 8.27. The molecule has 118 valence electrons. The number of carbonyl (C=O) groups is 1. The van der Waals surface area contributed by atoms with Gasteiger partial charge in [0.1, 0.15) is 5.65 Å². The van der Waals surface area contributed by atoms with Gasteiger partial charge in [0.15, 0.2) is 0 Å². The van der Waals surface area contributed by atoms with Gasteiger partial charge < -0.3 is 15.2 Å². The van der Waals surface area contributed by atoms with Crippen LogP contribution >= 0.6 is 0 Å². The Morgan fingerprint density at radius 1 is 1.27 bits per heavy atom. The monoisotopic (exact) mass is 300 g/mol. The maximum absolute atomic E-state index is 11.8. The fraction of sp³-hybridized carbons (Fsp3) is 0.529. The SMILES string of the molecule is O=C(NCCCn1ccc2cccnc21)NC1CCCCC1. The van der Waals surface area contributed by atoms with E-state index in [4.69, 9.17) is 0 Å². The lowest BCUT2D eigenvalue weighted by atomic mass is 9.96. The minimum atomic E-state index is -0.0256. The molecule has 0 radical (unpaired) electrons. The quantitative estimate of drug-likeness (QED) is 0.834. The fourth-order valence-corrected chi connectivity index (χ4v) is 3.14. The van der Waals surface area contributed by atoms with Crippen molar-refractivity contribution in [1.82, 2.24) is 20.2 Å². The van der Waals surface area contributed by atoms with E-state index >= 15 is 0 Å². The molecule has 2 N–H and O–H groups in total. The molecule has 0 atom stereocenters. The second-order valence-corrected chi connectivity index (χ2v) is 6.01. The van der Waals surface area contributed by atoms with Gasteiger partial charge in [0, 0.05) is 36.9 Å². The number of carbonyl (C=O) groups excluding carboxylic acids is 1. The van der Waals surface area contributed by atoms with Crippen molar-refractivity contribution in [2.24, 2.45) is 0 Å². The number of rotatable bonds is 5. The van der Waals surface area contributed by atoms with Crippen molar-refractivity contribution in [3.63, 3.8) is 0 Å². The van der Waals surface area contributed by atoms with E-state index in [-0.39, 0.29) is 6.03 Å². The van der Waals surface area contributed by atoms with Crippen LogP contribution in [0.3, 0.4) is 0 Å². The largest absolute Gasteiger partial charge is 0.338 e. The molecule has 1 aliphatic rings. The van der Waals surface area contributed by atoms with E-state index in [0.29, 0.717) is 12.6 Å². The molecular formula is C17H24N4O. The lowest BCUT2D eigenvalue weighted by molar-refractivity contribution is 0.232. The summed E-state index contributed by atoms with van der Waals surface area (Å²) in [6.45, 7) is 1.55. The summed E-state index contributed by atoms with van der Waals surface area (Å²) in [6, 6.07) is 6.43. The summed E-state index contributed by atoms with van der Waals surface area (Å²) in [4.78, 5) is 16.2. The number of aromatic nitrogens is 2. The molecule has 2 amide bonds. The van der Waals surface area contributed by atoms with Crippen LogP contribution in [0.25, 0.3) is 11.0 Å². The van der Waals surface area contributed by atoms with Crippen molar-refractivity contribution in [2.75, 3.05) is 6.54 Å². The third-order valence-electron chi connectivity index (χ3n) is 4.32. The van der Waals surface area contributed by atoms with Crippen LogP contribution in [0.4, 0.5) is 4.79 Å². The molecule has 0 aliphatic heterocycles. The Hall–Kier alpha value is -2.04. The van der Waals surface area contributed by atoms with Crippen molar-refractivity contribution < 1.29 is 4.79 Å². The average molecular weight is 300 g/mol. The number of urea groups is 1. The molecule has 3 rings (SSSR count). The highest BCUT2D eigenvalue weighted by atomic mass is 16.2. The second-order valence-electron chi connectivity index (χ2n) is 6.01. The average Bonchev–Trinajstić information content (AvgIpc) is 2.96. The zero-order chi connectivity index (χ0) is 15.2. The Bertz CT molecular complexity index is 616. The summed E-state index contributed by atoms with van der Waals surface area (Å²) < 4.78 is 2.13. The Labute approximate surface area is 131 Å². The molecule has 1 saturated carbocycles. The molecule has 0 saturated heterocycles. The van der Waals surface area contributed by atoms with Gasteiger partial charge in [0.05, 0.1) is 0 Å². The van der Waals surface area contributed by atoms with Crippen molar-refractivity contribution >= 4 is 17.1 Å².